The summed E-state index contributed by atoms with van der Waals surface area (Å²) in [6.45, 7) is 0. The Kier molecular flexibility index (Phi) is 2.97. The Hall–Kier alpha value is -3.54. The predicted molar refractivity (Wildman–Crippen MR) is 94.3 cm³/mol. The number of halogens is 2. The molecular formula is C20H11F2N3O. The Bertz CT molecular complexity index is 1230. The SMILES string of the molecule is O/N=C1/c2ccccc2-c2c1cccc2-c1nc2c(F)c(F)ccc2[nH]1. The average Bonchev–Trinajstić information content (AvgIpc) is 3.24. The van der Waals surface area contributed by atoms with E-state index in [2.05, 4.69) is 15.1 Å². The molecule has 4 aromatic rings. The summed E-state index contributed by atoms with van der Waals surface area (Å²) < 4.78 is 27.5. The largest absolute Gasteiger partial charge is 0.410 e. The average molecular weight is 347 g/mol. The standard InChI is InChI=1S/C20H11F2N3O/c21-14-8-9-15-19(17(14)22)24-20(23-15)13-7-3-6-12-16(13)10-4-1-2-5-11(10)18(12)25-26/h1-9,26H,(H,23,24)/b25-18-. The topological polar surface area (TPSA) is 61.3 Å². The number of hydrogen-bond donors (Lipinski definition) is 2. The lowest BCUT2D eigenvalue weighted by Crippen LogP contribution is -1.97. The van der Waals surface area contributed by atoms with Gasteiger partial charge in [-0.2, -0.15) is 0 Å². The van der Waals surface area contributed by atoms with E-state index in [0.29, 0.717) is 17.1 Å². The number of oxime groups is 1. The molecule has 0 bridgehead atoms. The maximum absolute atomic E-state index is 14.0. The maximum Gasteiger partial charge on any atom is 0.186 e. The zero-order valence-corrected chi connectivity index (χ0v) is 13.3. The van der Waals surface area contributed by atoms with Crippen LogP contribution in [-0.2, 0) is 0 Å². The second kappa shape index (κ2) is 5.23. The molecule has 1 aromatic heterocycles. The van der Waals surface area contributed by atoms with E-state index < -0.39 is 11.6 Å². The van der Waals surface area contributed by atoms with Crippen LogP contribution < -0.4 is 0 Å². The normalized spacial score (nSPS) is 14.0. The third-order valence-electron chi connectivity index (χ3n) is 4.67. The minimum atomic E-state index is -0.976. The molecule has 0 amide bonds. The van der Waals surface area contributed by atoms with E-state index in [4.69, 9.17) is 0 Å². The molecule has 1 heterocycles. The highest BCUT2D eigenvalue weighted by Gasteiger charge is 2.28. The highest BCUT2D eigenvalue weighted by Crippen LogP contribution is 2.42. The molecule has 1 aliphatic rings. The summed E-state index contributed by atoms with van der Waals surface area (Å²) in [5.74, 6) is -1.49. The van der Waals surface area contributed by atoms with Gasteiger partial charge in [-0.1, -0.05) is 47.6 Å². The quantitative estimate of drug-likeness (QED) is 0.341. The van der Waals surface area contributed by atoms with Crippen molar-refractivity contribution in [3.63, 3.8) is 0 Å². The van der Waals surface area contributed by atoms with Crippen LogP contribution in [0.1, 0.15) is 11.1 Å². The van der Waals surface area contributed by atoms with Crippen LogP contribution in [0.4, 0.5) is 8.78 Å². The van der Waals surface area contributed by atoms with Crippen LogP contribution in [0.5, 0.6) is 0 Å². The number of fused-ring (bicyclic) bond motifs is 4. The second-order valence-corrected chi connectivity index (χ2v) is 6.07. The summed E-state index contributed by atoms with van der Waals surface area (Å²) in [7, 11) is 0. The summed E-state index contributed by atoms with van der Waals surface area (Å²) in [5, 5.41) is 12.9. The van der Waals surface area contributed by atoms with Crippen molar-refractivity contribution >= 4 is 16.7 Å². The first-order chi connectivity index (χ1) is 12.7. The van der Waals surface area contributed by atoms with Crippen molar-refractivity contribution in [1.29, 1.82) is 0 Å². The minimum absolute atomic E-state index is 0.0417. The van der Waals surface area contributed by atoms with Crippen LogP contribution in [0, 0.1) is 11.6 Å². The molecule has 0 saturated carbocycles. The number of imidazole rings is 1. The van der Waals surface area contributed by atoms with Gasteiger partial charge in [0.05, 0.1) is 5.52 Å². The first-order valence-corrected chi connectivity index (χ1v) is 7.98. The number of aromatic nitrogens is 2. The summed E-state index contributed by atoms with van der Waals surface area (Å²) in [4.78, 5) is 7.32. The Morgan fingerprint density at radius 1 is 0.846 bits per heavy atom. The molecule has 5 rings (SSSR count). The van der Waals surface area contributed by atoms with Crippen LogP contribution >= 0.6 is 0 Å². The first-order valence-electron chi connectivity index (χ1n) is 7.98. The van der Waals surface area contributed by atoms with Gasteiger partial charge in [-0.15, -0.1) is 0 Å². The smallest absolute Gasteiger partial charge is 0.186 e. The second-order valence-electron chi connectivity index (χ2n) is 6.07. The Labute approximate surface area is 146 Å². The van der Waals surface area contributed by atoms with Crippen molar-refractivity contribution in [3.05, 3.63) is 77.4 Å². The molecule has 3 aromatic carbocycles. The Morgan fingerprint density at radius 2 is 1.58 bits per heavy atom. The number of benzene rings is 3. The van der Waals surface area contributed by atoms with Crippen molar-refractivity contribution < 1.29 is 14.0 Å². The van der Waals surface area contributed by atoms with Gasteiger partial charge in [-0.25, -0.2) is 13.8 Å². The molecule has 0 saturated heterocycles. The fourth-order valence-corrected chi connectivity index (χ4v) is 3.54. The fourth-order valence-electron chi connectivity index (χ4n) is 3.54. The van der Waals surface area contributed by atoms with Gasteiger partial charge in [0.25, 0.3) is 0 Å². The van der Waals surface area contributed by atoms with Crippen molar-refractivity contribution in [2.24, 2.45) is 5.16 Å². The molecule has 126 valence electrons. The third kappa shape index (κ3) is 1.86. The van der Waals surface area contributed by atoms with Crippen LogP contribution in [0.2, 0.25) is 0 Å². The van der Waals surface area contributed by atoms with E-state index >= 15 is 0 Å². The van der Waals surface area contributed by atoms with Gasteiger partial charge < -0.3 is 10.2 Å². The molecule has 0 unspecified atom stereocenters. The van der Waals surface area contributed by atoms with Crippen molar-refractivity contribution in [3.8, 4) is 22.5 Å². The fraction of sp³-hybridized carbons (Fsp3) is 0. The molecular weight excluding hydrogens is 336 g/mol. The number of hydrogen-bond acceptors (Lipinski definition) is 3. The van der Waals surface area contributed by atoms with E-state index in [1.807, 2.05) is 42.5 Å². The Morgan fingerprint density at radius 3 is 2.38 bits per heavy atom. The molecule has 0 spiro atoms. The predicted octanol–water partition coefficient (Wildman–Crippen LogP) is 4.72. The molecule has 0 aliphatic heterocycles. The van der Waals surface area contributed by atoms with Crippen molar-refractivity contribution in [2.75, 3.05) is 0 Å². The van der Waals surface area contributed by atoms with Crippen LogP contribution in [-0.4, -0.2) is 20.9 Å². The van der Waals surface area contributed by atoms with E-state index in [9.17, 15) is 14.0 Å². The van der Waals surface area contributed by atoms with Gasteiger partial charge in [-0.05, 0) is 17.7 Å². The molecule has 0 radical (unpaired) electrons. The lowest BCUT2D eigenvalue weighted by molar-refractivity contribution is 0.320. The molecule has 2 N–H and O–H groups in total. The van der Waals surface area contributed by atoms with E-state index in [0.717, 1.165) is 33.9 Å². The van der Waals surface area contributed by atoms with E-state index in [1.54, 1.807) is 0 Å². The van der Waals surface area contributed by atoms with Crippen LogP contribution in [0.25, 0.3) is 33.5 Å². The zero-order valence-electron chi connectivity index (χ0n) is 13.3. The summed E-state index contributed by atoms with van der Waals surface area (Å²) >= 11 is 0. The summed E-state index contributed by atoms with van der Waals surface area (Å²) in [6.07, 6.45) is 0. The highest BCUT2D eigenvalue weighted by atomic mass is 19.2. The Balaban J connectivity index is 1.82. The van der Waals surface area contributed by atoms with Crippen LogP contribution in [0.15, 0.2) is 59.8 Å². The van der Waals surface area contributed by atoms with Crippen molar-refractivity contribution in [1.82, 2.24) is 9.97 Å². The molecule has 0 atom stereocenters. The van der Waals surface area contributed by atoms with Crippen LogP contribution in [0.3, 0.4) is 0 Å². The van der Waals surface area contributed by atoms with Gasteiger partial charge in [0, 0.05) is 22.3 Å². The summed E-state index contributed by atoms with van der Waals surface area (Å²) in [6, 6.07) is 15.6. The minimum Gasteiger partial charge on any atom is -0.410 e. The van der Waals surface area contributed by atoms with Gasteiger partial charge in [0.2, 0.25) is 0 Å². The van der Waals surface area contributed by atoms with Gasteiger partial charge >= 0.3 is 0 Å². The number of aromatic amines is 1. The molecule has 1 aliphatic carbocycles. The van der Waals surface area contributed by atoms with Gasteiger partial charge in [-0.3, -0.25) is 0 Å². The molecule has 0 fully saturated rings. The molecule has 4 nitrogen and oxygen atoms in total. The lowest BCUT2D eigenvalue weighted by Gasteiger charge is -2.06. The highest BCUT2D eigenvalue weighted by molar-refractivity contribution is 6.26. The van der Waals surface area contributed by atoms with Crippen molar-refractivity contribution in [2.45, 2.75) is 0 Å². The number of nitrogens with zero attached hydrogens (tertiary/aromatic N) is 2. The monoisotopic (exact) mass is 347 g/mol. The van der Waals surface area contributed by atoms with Gasteiger partial charge in [0.15, 0.2) is 11.6 Å². The van der Waals surface area contributed by atoms with Gasteiger partial charge in [0.1, 0.15) is 17.1 Å². The number of nitrogens with one attached hydrogen (secondary N) is 1. The maximum atomic E-state index is 14.0. The number of rotatable bonds is 1. The number of H-pyrrole nitrogens is 1. The summed E-state index contributed by atoms with van der Waals surface area (Å²) in [5.41, 5.74) is 4.90. The first kappa shape index (κ1) is 14.8. The van der Waals surface area contributed by atoms with E-state index in [-0.39, 0.29) is 5.52 Å². The zero-order chi connectivity index (χ0) is 17.8. The lowest BCUT2D eigenvalue weighted by atomic mass is 9.99. The third-order valence-corrected chi connectivity index (χ3v) is 4.67. The molecule has 26 heavy (non-hydrogen) atoms. The van der Waals surface area contributed by atoms with E-state index in [1.165, 1.54) is 6.07 Å². The molecule has 6 heteroatoms.